The third-order valence-corrected chi connectivity index (χ3v) is 6.20. The highest BCUT2D eigenvalue weighted by Gasteiger charge is 2.88. The summed E-state index contributed by atoms with van der Waals surface area (Å²) in [7, 11) is 0. The summed E-state index contributed by atoms with van der Waals surface area (Å²) in [6.07, 6.45) is 0. The van der Waals surface area contributed by atoms with E-state index in [1.165, 1.54) is 11.8 Å². The molecule has 1 aromatic carbocycles. The Morgan fingerprint density at radius 2 is 1.00 bits per heavy atom. The molecule has 68 valence electrons. The maximum Gasteiger partial charge on any atom is -0.00908 e. The molecule has 14 heavy (non-hydrogen) atoms. The van der Waals surface area contributed by atoms with E-state index in [-0.39, 0.29) is 0 Å². The Hall–Kier alpha value is -0.780. The van der Waals surface area contributed by atoms with Crippen LogP contribution in [0.5, 0.6) is 0 Å². The monoisotopic (exact) mass is 180 g/mol. The Kier molecular flexibility index (Phi) is 0.592. The Morgan fingerprint density at radius 1 is 0.571 bits per heavy atom. The first-order valence-corrected chi connectivity index (χ1v) is 6.07. The molecule has 4 atom stereocenters. The van der Waals surface area contributed by atoms with Gasteiger partial charge in [0.15, 0.2) is 0 Å². The lowest BCUT2D eigenvalue weighted by atomic mass is 9.67. The van der Waals surface area contributed by atoms with Crippen LogP contribution in [0.15, 0.2) is 24.3 Å². The van der Waals surface area contributed by atoms with Gasteiger partial charge < -0.3 is 0 Å². The summed E-state index contributed by atoms with van der Waals surface area (Å²) in [6.45, 7) is 0. The largest absolute Gasteiger partial charge is 0.0620 e. The van der Waals surface area contributed by atoms with Crippen LogP contribution in [0.4, 0.5) is 0 Å². The Morgan fingerprint density at radius 3 is 1.43 bits per heavy atom. The fourth-order valence-corrected chi connectivity index (χ4v) is 6.17. The van der Waals surface area contributed by atoms with Crippen LogP contribution in [-0.4, -0.2) is 0 Å². The van der Waals surface area contributed by atoms with Gasteiger partial charge in [-0.1, -0.05) is 24.3 Å². The average molecular weight is 180 g/mol. The molecular formula is C14H12. The average Bonchev–Trinajstić information content (AvgIpc) is 3.06. The highest BCUT2D eigenvalue weighted by Crippen LogP contribution is 2.94. The van der Waals surface area contributed by atoms with Crippen LogP contribution < -0.4 is 0 Å². The minimum atomic E-state index is 1.03. The molecule has 0 spiro atoms. The summed E-state index contributed by atoms with van der Waals surface area (Å²) in [4.78, 5) is 0. The van der Waals surface area contributed by atoms with Crippen molar-refractivity contribution in [1.82, 2.24) is 0 Å². The lowest BCUT2D eigenvalue weighted by molar-refractivity contribution is 0.320. The first-order chi connectivity index (χ1) is 6.98. The van der Waals surface area contributed by atoms with E-state index in [9.17, 15) is 0 Å². The molecule has 6 aliphatic rings. The molecule has 0 aromatic heterocycles. The zero-order valence-electron chi connectivity index (χ0n) is 7.93. The summed E-state index contributed by atoms with van der Waals surface area (Å²) >= 11 is 0. The highest BCUT2D eigenvalue weighted by atomic mass is 14.9. The molecule has 4 saturated carbocycles. The number of rotatable bonds is 0. The molecular weight excluding hydrogens is 168 g/mol. The number of hydrogen-bond acceptors (Lipinski definition) is 0. The van der Waals surface area contributed by atoms with Gasteiger partial charge in [-0.15, -0.1) is 0 Å². The van der Waals surface area contributed by atoms with Crippen molar-refractivity contribution in [3.63, 3.8) is 0 Å². The van der Waals surface area contributed by atoms with E-state index in [2.05, 4.69) is 24.3 Å². The van der Waals surface area contributed by atoms with Crippen molar-refractivity contribution in [1.29, 1.82) is 0 Å². The third kappa shape index (κ3) is 0.346. The van der Waals surface area contributed by atoms with E-state index in [1.807, 2.05) is 0 Å². The van der Waals surface area contributed by atoms with E-state index in [0.29, 0.717) is 0 Å². The van der Waals surface area contributed by atoms with Crippen molar-refractivity contribution in [3.8, 4) is 0 Å². The van der Waals surface area contributed by atoms with Crippen LogP contribution in [0.1, 0.15) is 23.0 Å². The molecule has 0 aliphatic heterocycles. The standard InChI is InChI=1S/C14H12/c1-2-4-6-5(3-1)7-9-11-8(6)12-10(7)14(12)13(9)11/h1-4,7-14H/t7?,8?,9-,10-,11-,12-,13?,14?/m1/s1. The zero-order chi connectivity index (χ0) is 8.60. The Labute approximate surface area is 83.3 Å². The van der Waals surface area contributed by atoms with Crippen molar-refractivity contribution in [3.05, 3.63) is 35.4 Å². The van der Waals surface area contributed by atoms with Gasteiger partial charge in [-0.2, -0.15) is 0 Å². The van der Waals surface area contributed by atoms with Gasteiger partial charge >= 0.3 is 0 Å². The highest BCUT2D eigenvalue weighted by molar-refractivity contribution is 5.55. The predicted molar refractivity (Wildman–Crippen MR) is 52.9 cm³/mol. The predicted octanol–water partition coefficient (Wildman–Crippen LogP) is 2.62. The van der Waals surface area contributed by atoms with E-state index in [0.717, 1.165) is 35.5 Å². The quantitative estimate of drug-likeness (QED) is 0.575. The molecule has 0 heterocycles. The lowest BCUT2D eigenvalue weighted by Gasteiger charge is -2.37. The smallest absolute Gasteiger partial charge is 0.00908 e. The maximum absolute atomic E-state index is 2.43. The normalized spacial score (nSPS) is 66.6. The fourth-order valence-electron chi connectivity index (χ4n) is 6.17. The van der Waals surface area contributed by atoms with Gasteiger partial charge in [0.05, 0.1) is 0 Å². The van der Waals surface area contributed by atoms with E-state index in [4.69, 9.17) is 0 Å². The first kappa shape index (κ1) is 5.95. The molecule has 0 amide bonds. The minimum absolute atomic E-state index is 1.03. The molecule has 0 unspecified atom stereocenters. The van der Waals surface area contributed by atoms with Gasteiger partial charge in [0.2, 0.25) is 0 Å². The molecule has 0 N–H and O–H groups in total. The van der Waals surface area contributed by atoms with Gasteiger partial charge in [0.25, 0.3) is 0 Å². The summed E-state index contributed by atoms with van der Waals surface area (Å²) in [6, 6.07) is 9.36. The molecule has 1 aromatic rings. The minimum Gasteiger partial charge on any atom is -0.0620 e. The van der Waals surface area contributed by atoms with Gasteiger partial charge in [0, 0.05) is 0 Å². The number of benzene rings is 1. The van der Waals surface area contributed by atoms with Gasteiger partial charge in [-0.25, -0.2) is 0 Å². The SMILES string of the molecule is c1ccc2c(c1)C1[C@H]3C4C5[C@H]1[C@H]5C2[C@@H]43. The van der Waals surface area contributed by atoms with Gasteiger partial charge in [-0.3, -0.25) is 0 Å². The third-order valence-electron chi connectivity index (χ3n) is 6.20. The topological polar surface area (TPSA) is 0 Å². The van der Waals surface area contributed by atoms with Crippen molar-refractivity contribution < 1.29 is 0 Å². The van der Waals surface area contributed by atoms with Crippen molar-refractivity contribution in [2.45, 2.75) is 11.8 Å². The second kappa shape index (κ2) is 1.39. The number of hydrogen-bond donors (Lipinski definition) is 0. The van der Waals surface area contributed by atoms with E-state index < -0.39 is 0 Å². The summed E-state index contributed by atoms with van der Waals surface area (Å²) in [5.41, 5.74) is 3.53. The zero-order valence-corrected chi connectivity index (χ0v) is 7.93. The van der Waals surface area contributed by atoms with E-state index in [1.54, 1.807) is 11.1 Å². The summed E-state index contributed by atoms with van der Waals surface area (Å²) < 4.78 is 0. The molecule has 4 fully saturated rings. The first-order valence-electron chi connectivity index (χ1n) is 6.07. The lowest BCUT2D eigenvalue weighted by Crippen LogP contribution is -2.26. The molecule has 7 rings (SSSR count). The van der Waals surface area contributed by atoms with E-state index >= 15 is 0 Å². The summed E-state index contributed by atoms with van der Waals surface area (Å²) in [5, 5.41) is 0. The molecule has 0 radical (unpaired) electrons. The fraction of sp³-hybridized carbons (Fsp3) is 0.571. The Bertz CT molecular complexity index is 424. The summed E-state index contributed by atoms with van der Waals surface area (Å²) in [5.74, 6) is 9.11. The van der Waals surface area contributed by atoms with Crippen LogP contribution in [0.3, 0.4) is 0 Å². The van der Waals surface area contributed by atoms with Gasteiger partial charge in [-0.05, 0) is 58.5 Å². The van der Waals surface area contributed by atoms with Crippen LogP contribution in [0, 0.1) is 35.5 Å². The molecule has 0 saturated heterocycles. The van der Waals surface area contributed by atoms with Crippen molar-refractivity contribution in [2.24, 2.45) is 35.5 Å². The Balaban J connectivity index is 1.80. The van der Waals surface area contributed by atoms with Crippen LogP contribution in [-0.2, 0) is 0 Å². The van der Waals surface area contributed by atoms with Gasteiger partial charge in [0.1, 0.15) is 0 Å². The van der Waals surface area contributed by atoms with Crippen molar-refractivity contribution >= 4 is 0 Å². The van der Waals surface area contributed by atoms with Crippen LogP contribution in [0.2, 0.25) is 0 Å². The molecule has 0 heteroatoms. The van der Waals surface area contributed by atoms with Crippen LogP contribution >= 0.6 is 0 Å². The second-order valence-corrected chi connectivity index (χ2v) is 6.14. The molecule has 6 aliphatic carbocycles. The molecule has 0 nitrogen and oxygen atoms in total. The van der Waals surface area contributed by atoms with Crippen LogP contribution in [0.25, 0.3) is 0 Å². The maximum atomic E-state index is 2.43. The molecule has 2 bridgehead atoms. The second-order valence-electron chi connectivity index (χ2n) is 6.14. The van der Waals surface area contributed by atoms with Crippen molar-refractivity contribution in [2.75, 3.05) is 0 Å².